The number of aliphatic carboxylic acids is 1. The first-order valence-electron chi connectivity index (χ1n) is 19.8. The molecular formula is C48H50N2O8S. The Hall–Kier alpha value is -6.07. The number of hydrogen-bond acceptors (Lipinski definition) is 8. The normalized spacial score (nSPS) is 19.7. The second kappa shape index (κ2) is 19.6. The molecule has 0 spiro atoms. The molecular weight excluding hydrogens is 765 g/mol. The van der Waals surface area contributed by atoms with Crippen LogP contribution in [0.5, 0.6) is 11.5 Å². The number of ether oxygens (including phenoxy) is 2. The summed E-state index contributed by atoms with van der Waals surface area (Å²) in [6, 6.07) is 33.0. The highest BCUT2D eigenvalue weighted by molar-refractivity contribution is 7.09. The Bertz CT molecular complexity index is 2200. The molecule has 0 unspecified atom stereocenters. The van der Waals surface area contributed by atoms with Gasteiger partial charge in [0.1, 0.15) is 29.7 Å². The minimum absolute atomic E-state index is 0.0574. The number of nitrogens with one attached hydrogen (secondary N) is 2. The van der Waals surface area contributed by atoms with E-state index >= 15 is 0 Å². The summed E-state index contributed by atoms with van der Waals surface area (Å²) in [4.78, 5) is 69.9. The largest absolute Gasteiger partial charge is 0.488 e. The fourth-order valence-corrected chi connectivity index (χ4v) is 7.85. The highest BCUT2D eigenvalue weighted by Crippen LogP contribution is 2.24. The first-order valence-corrected chi connectivity index (χ1v) is 20.7. The third kappa shape index (κ3) is 12.7. The van der Waals surface area contributed by atoms with Crippen molar-refractivity contribution in [3.05, 3.63) is 142 Å². The highest BCUT2D eigenvalue weighted by Gasteiger charge is 2.33. The summed E-state index contributed by atoms with van der Waals surface area (Å²) in [5.74, 6) is -3.85. The Morgan fingerprint density at radius 2 is 1.34 bits per heavy atom. The molecule has 0 radical (unpaired) electrons. The Kier molecular flexibility index (Phi) is 14.1. The van der Waals surface area contributed by atoms with Crippen LogP contribution in [0, 0.1) is 11.8 Å². The molecule has 11 heteroatoms. The lowest BCUT2D eigenvalue weighted by molar-refractivity contribution is -0.144. The maximum Gasteiger partial charge on any atom is 0.307 e. The second-order valence-electron chi connectivity index (χ2n) is 16.0. The van der Waals surface area contributed by atoms with E-state index in [-0.39, 0.29) is 50.9 Å². The van der Waals surface area contributed by atoms with Crippen LogP contribution in [-0.4, -0.2) is 58.7 Å². The number of ketones is 2. The van der Waals surface area contributed by atoms with E-state index in [2.05, 4.69) is 10.6 Å². The van der Waals surface area contributed by atoms with Gasteiger partial charge in [0.05, 0.1) is 12.0 Å². The first-order chi connectivity index (χ1) is 28.3. The lowest BCUT2D eigenvalue weighted by Gasteiger charge is -2.26. The topological polar surface area (TPSA) is 148 Å². The maximum absolute atomic E-state index is 14.5. The quantitative estimate of drug-likeness (QED) is 0.139. The van der Waals surface area contributed by atoms with Gasteiger partial charge in [-0.25, -0.2) is 0 Å². The summed E-state index contributed by atoms with van der Waals surface area (Å²) in [6.07, 6.45) is 0.0114. The lowest BCUT2D eigenvalue weighted by Crippen LogP contribution is -2.54. The standard InChI is InChI=1S/C48H50N2O8S/c1-48(2,3)58-40-21-15-33(16-22-40)25-42-44(52)29-37(47(55)56)24-31-13-19-39(20-14-31)57-30-38(51)27-36(28-41-10-7-23-59-41)45(53)50-43(46(54)49-42)26-32-11-17-35(18-12-32)34-8-5-4-6-9-34/h4-23,36-37,42-43H,24-30H2,1-3H3,(H,49,54)(H,50,53)(H,55,56)/t36-,37+,42-,43+/m0/s1. The predicted molar refractivity (Wildman–Crippen MR) is 227 cm³/mol. The van der Waals surface area contributed by atoms with Gasteiger partial charge in [0.25, 0.3) is 0 Å². The minimum Gasteiger partial charge on any atom is -0.488 e. The van der Waals surface area contributed by atoms with E-state index in [1.807, 2.05) is 105 Å². The summed E-state index contributed by atoms with van der Waals surface area (Å²) in [5.41, 5.74) is 3.72. The van der Waals surface area contributed by atoms with Gasteiger partial charge >= 0.3 is 5.97 Å². The fraction of sp³-hybridized carbons (Fsp3) is 0.312. The first kappa shape index (κ1) is 42.5. The molecule has 0 saturated heterocycles. The zero-order chi connectivity index (χ0) is 41.9. The molecule has 3 heterocycles. The molecule has 2 aliphatic heterocycles. The zero-order valence-corrected chi connectivity index (χ0v) is 34.3. The van der Waals surface area contributed by atoms with E-state index < -0.39 is 53.1 Å². The number of carboxylic acid groups (broad SMARTS) is 1. The van der Waals surface area contributed by atoms with Gasteiger partial charge in [0.15, 0.2) is 11.6 Å². The molecule has 10 nitrogen and oxygen atoms in total. The number of benzene rings is 4. The molecule has 7 rings (SSSR count). The van der Waals surface area contributed by atoms with E-state index in [1.54, 1.807) is 36.4 Å². The molecule has 2 bridgehead atoms. The molecule has 2 aliphatic rings. The van der Waals surface area contributed by atoms with Crippen LogP contribution in [0.25, 0.3) is 11.1 Å². The fourth-order valence-electron chi connectivity index (χ4n) is 7.06. The number of amides is 2. The van der Waals surface area contributed by atoms with Crippen LogP contribution >= 0.6 is 11.3 Å². The van der Waals surface area contributed by atoms with Crippen molar-refractivity contribution in [2.24, 2.45) is 11.8 Å². The van der Waals surface area contributed by atoms with Crippen LogP contribution in [0.3, 0.4) is 0 Å². The van der Waals surface area contributed by atoms with Crippen molar-refractivity contribution in [2.45, 2.75) is 77.0 Å². The number of carbonyl (C=O) groups excluding carboxylic acids is 4. The summed E-state index contributed by atoms with van der Waals surface area (Å²) in [7, 11) is 0. The average molecular weight is 815 g/mol. The van der Waals surface area contributed by atoms with Gasteiger partial charge in [-0.15, -0.1) is 11.3 Å². The van der Waals surface area contributed by atoms with Gasteiger partial charge < -0.3 is 25.2 Å². The highest BCUT2D eigenvalue weighted by atomic mass is 32.1. The van der Waals surface area contributed by atoms with Gasteiger partial charge in [0, 0.05) is 30.1 Å². The number of Topliss-reactive ketones (excluding diaryl/α,β-unsaturated/α-hetero) is 2. The molecule has 306 valence electrons. The van der Waals surface area contributed by atoms with Crippen molar-refractivity contribution in [3.8, 4) is 22.6 Å². The third-order valence-corrected chi connectivity index (χ3v) is 11.0. The molecule has 0 fully saturated rings. The molecule has 59 heavy (non-hydrogen) atoms. The Balaban J connectivity index is 1.34. The van der Waals surface area contributed by atoms with Crippen LogP contribution in [0.4, 0.5) is 0 Å². The van der Waals surface area contributed by atoms with Crippen LogP contribution in [-0.2, 0) is 49.7 Å². The smallest absolute Gasteiger partial charge is 0.307 e. The Morgan fingerprint density at radius 3 is 1.97 bits per heavy atom. The molecule has 5 aromatic rings. The van der Waals surface area contributed by atoms with Crippen LogP contribution in [0.1, 0.15) is 55.2 Å². The number of fused-ring (bicyclic) bond motifs is 16. The Morgan fingerprint density at radius 1 is 0.712 bits per heavy atom. The minimum atomic E-state index is -1.15. The maximum atomic E-state index is 14.5. The molecule has 4 atom stereocenters. The predicted octanol–water partition coefficient (Wildman–Crippen LogP) is 7.46. The van der Waals surface area contributed by atoms with E-state index in [4.69, 9.17) is 9.47 Å². The number of thiophene rings is 1. The van der Waals surface area contributed by atoms with Gasteiger partial charge in [-0.1, -0.05) is 84.9 Å². The Labute approximate surface area is 349 Å². The molecule has 1 aromatic heterocycles. The van der Waals surface area contributed by atoms with Crippen molar-refractivity contribution in [2.75, 3.05) is 6.61 Å². The van der Waals surface area contributed by atoms with Crippen molar-refractivity contribution >= 4 is 40.7 Å². The molecule has 2 amide bonds. The summed E-state index contributed by atoms with van der Waals surface area (Å²) in [5, 5.41) is 18.0. The summed E-state index contributed by atoms with van der Waals surface area (Å²) < 4.78 is 11.8. The van der Waals surface area contributed by atoms with E-state index in [0.717, 1.165) is 27.1 Å². The van der Waals surface area contributed by atoms with Crippen molar-refractivity contribution in [1.29, 1.82) is 0 Å². The van der Waals surface area contributed by atoms with Gasteiger partial charge in [-0.2, -0.15) is 0 Å². The van der Waals surface area contributed by atoms with Crippen LogP contribution in [0.15, 0.2) is 121 Å². The number of hydrogen-bond donors (Lipinski definition) is 3. The lowest BCUT2D eigenvalue weighted by atomic mass is 9.90. The molecule has 0 aliphatic carbocycles. The van der Waals surface area contributed by atoms with Gasteiger partial charge in [-0.05, 0) is 104 Å². The molecule has 3 N–H and O–H groups in total. The van der Waals surface area contributed by atoms with Crippen LogP contribution in [0.2, 0.25) is 0 Å². The van der Waals surface area contributed by atoms with E-state index in [0.29, 0.717) is 17.1 Å². The summed E-state index contributed by atoms with van der Waals surface area (Å²) in [6.45, 7) is 5.54. The number of rotatable bonds is 9. The second-order valence-corrected chi connectivity index (χ2v) is 17.0. The monoisotopic (exact) mass is 814 g/mol. The van der Waals surface area contributed by atoms with E-state index in [9.17, 15) is 29.1 Å². The third-order valence-electron chi connectivity index (χ3n) is 10.1. The average Bonchev–Trinajstić information content (AvgIpc) is 3.73. The van der Waals surface area contributed by atoms with Gasteiger partial charge in [0.2, 0.25) is 11.8 Å². The zero-order valence-electron chi connectivity index (χ0n) is 33.5. The number of carboxylic acids is 1. The van der Waals surface area contributed by atoms with Crippen LogP contribution < -0.4 is 20.1 Å². The van der Waals surface area contributed by atoms with E-state index in [1.165, 1.54) is 11.3 Å². The SMILES string of the molecule is CC(C)(C)Oc1ccc(C[C@@H]2NC(=O)[C@@H](Cc3ccc(-c4ccccc4)cc3)NC(=O)[C@H](Cc3cccs3)CC(=O)COc3ccc(cc3)C[C@@H](C(=O)O)CC2=O)cc1. The van der Waals surface area contributed by atoms with Crippen molar-refractivity contribution < 1.29 is 38.6 Å². The molecule has 0 saturated carbocycles. The molecule has 4 aromatic carbocycles. The van der Waals surface area contributed by atoms with Crippen molar-refractivity contribution in [1.82, 2.24) is 10.6 Å². The number of carbonyl (C=O) groups is 5. The summed E-state index contributed by atoms with van der Waals surface area (Å²) >= 11 is 1.47. The van der Waals surface area contributed by atoms with Crippen molar-refractivity contribution in [3.63, 3.8) is 0 Å². The van der Waals surface area contributed by atoms with Gasteiger partial charge in [-0.3, -0.25) is 24.0 Å².